The maximum Gasteiger partial charge on any atom is 0.275 e. The summed E-state index contributed by atoms with van der Waals surface area (Å²) < 4.78 is 0.866. The molecule has 1 amide bonds. The van der Waals surface area contributed by atoms with Crippen LogP contribution >= 0.6 is 0 Å². The van der Waals surface area contributed by atoms with Crippen molar-refractivity contribution in [3.8, 4) is 0 Å². The Kier molecular flexibility index (Phi) is 5.10. The van der Waals surface area contributed by atoms with E-state index in [4.69, 9.17) is 0 Å². The van der Waals surface area contributed by atoms with Gasteiger partial charge in [-0.1, -0.05) is 32.0 Å². The fourth-order valence-corrected chi connectivity index (χ4v) is 2.40. The highest BCUT2D eigenvalue weighted by Crippen LogP contribution is 2.12. The molecule has 0 saturated carbocycles. The molecule has 0 aliphatic heterocycles. The van der Waals surface area contributed by atoms with Gasteiger partial charge in [0.25, 0.3) is 5.56 Å². The number of nitrogens with one attached hydrogen (secondary N) is 1. The van der Waals surface area contributed by atoms with Crippen LogP contribution in [0.25, 0.3) is 10.8 Å². The van der Waals surface area contributed by atoms with Gasteiger partial charge in [-0.2, -0.15) is 5.10 Å². The largest absolute Gasteiger partial charge is 0.543 e. The molecule has 23 heavy (non-hydrogen) atoms. The first-order valence-electron chi connectivity index (χ1n) is 7.48. The van der Waals surface area contributed by atoms with Crippen molar-refractivity contribution in [1.29, 1.82) is 0 Å². The number of carbonyl (C=O) groups excluding carboxylic acids is 2. The molecule has 0 bridgehead atoms. The summed E-state index contributed by atoms with van der Waals surface area (Å²) in [5.74, 6) is -1.87. The summed E-state index contributed by atoms with van der Waals surface area (Å²) in [6, 6.07) is 6.24. The Bertz CT molecular complexity index is 794. The fraction of sp³-hybridized carbons (Fsp3) is 0.375. The Morgan fingerprint density at radius 2 is 1.83 bits per heavy atom. The van der Waals surface area contributed by atoms with Crippen LogP contribution < -0.4 is 16.0 Å². The number of rotatable bonds is 6. The van der Waals surface area contributed by atoms with Crippen molar-refractivity contribution in [3.63, 3.8) is 0 Å². The highest BCUT2D eigenvalue weighted by molar-refractivity contribution is 6.00. The SMILES string of the molecule is CCC(CC)NC(=O)Cn1nc(C(=O)[O-])c2ccccc2c1=O. The quantitative estimate of drug-likeness (QED) is 0.812. The number of amides is 1. The third kappa shape index (κ3) is 3.56. The highest BCUT2D eigenvalue weighted by atomic mass is 16.4. The van der Waals surface area contributed by atoms with Gasteiger partial charge in [-0.3, -0.25) is 9.59 Å². The monoisotopic (exact) mass is 316 g/mol. The molecular weight excluding hydrogens is 298 g/mol. The van der Waals surface area contributed by atoms with Gasteiger partial charge < -0.3 is 15.2 Å². The van der Waals surface area contributed by atoms with Gasteiger partial charge in [0, 0.05) is 11.4 Å². The lowest BCUT2D eigenvalue weighted by atomic mass is 10.1. The predicted octanol–water partition coefficient (Wildman–Crippen LogP) is 0.0648. The second-order valence-electron chi connectivity index (χ2n) is 5.23. The van der Waals surface area contributed by atoms with Crippen molar-refractivity contribution >= 4 is 22.6 Å². The second-order valence-corrected chi connectivity index (χ2v) is 5.23. The molecule has 0 fully saturated rings. The van der Waals surface area contributed by atoms with Crippen LogP contribution in [0.3, 0.4) is 0 Å². The van der Waals surface area contributed by atoms with Crippen LogP contribution in [0.2, 0.25) is 0 Å². The molecule has 1 heterocycles. The minimum Gasteiger partial charge on any atom is -0.543 e. The molecule has 122 valence electrons. The summed E-state index contributed by atoms with van der Waals surface area (Å²) in [6.45, 7) is 3.56. The van der Waals surface area contributed by atoms with Crippen LogP contribution in [0.1, 0.15) is 37.2 Å². The van der Waals surface area contributed by atoms with E-state index in [2.05, 4.69) is 10.4 Å². The smallest absolute Gasteiger partial charge is 0.275 e. The van der Waals surface area contributed by atoms with Crippen molar-refractivity contribution in [2.24, 2.45) is 0 Å². The van der Waals surface area contributed by atoms with E-state index in [1.54, 1.807) is 12.1 Å². The van der Waals surface area contributed by atoms with Crippen molar-refractivity contribution in [1.82, 2.24) is 15.1 Å². The molecule has 1 aromatic heterocycles. The van der Waals surface area contributed by atoms with Crippen LogP contribution in [-0.2, 0) is 11.3 Å². The number of aromatic nitrogens is 2. The fourth-order valence-electron chi connectivity index (χ4n) is 2.40. The topological polar surface area (TPSA) is 104 Å². The van der Waals surface area contributed by atoms with Crippen LogP contribution in [0, 0.1) is 0 Å². The molecular formula is C16H18N3O4-. The van der Waals surface area contributed by atoms with E-state index in [0.717, 1.165) is 17.5 Å². The lowest BCUT2D eigenvalue weighted by molar-refractivity contribution is -0.255. The predicted molar refractivity (Wildman–Crippen MR) is 82.8 cm³/mol. The van der Waals surface area contributed by atoms with Crippen molar-refractivity contribution in [2.45, 2.75) is 39.3 Å². The van der Waals surface area contributed by atoms with Gasteiger partial charge in [0.2, 0.25) is 5.91 Å². The molecule has 2 rings (SSSR count). The van der Waals surface area contributed by atoms with Crippen LogP contribution in [0.15, 0.2) is 29.1 Å². The Balaban J connectivity index is 2.41. The van der Waals surface area contributed by atoms with Gasteiger partial charge in [0.15, 0.2) is 0 Å². The third-order valence-corrected chi connectivity index (χ3v) is 3.71. The highest BCUT2D eigenvalue weighted by Gasteiger charge is 2.14. The van der Waals surface area contributed by atoms with Crippen molar-refractivity contribution in [2.75, 3.05) is 0 Å². The van der Waals surface area contributed by atoms with E-state index in [0.29, 0.717) is 0 Å². The number of carboxylic acids is 1. The first kappa shape index (κ1) is 16.7. The molecule has 0 spiro atoms. The zero-order valence-electron chi connectivity index (χ0n) is 13.0. The van der Waals surface area contributed by atoms with Crippen LogP contribution in [0.5, 0.6) is 0 Å². The lowest BCUT2D eigenvalue weighted by Gasteiger charge is -2.16. The van der Waals surface area contributed by atoms with Gasteiger partial charge in [-0.05, 0) is 18.9 Å². The molecule has 2 aromatic rings. The number of carbonyl (C=O) groups is 2. The zero-order valence-corrected chi connectivity index (χ0v) is 13.0. The van der Waals surface area contributed by atoms with E-state index in [1.165, 1.54) is 12.1 Å². The van der Waals surface area contributed by atoms with Crippen LogP contribution in [0.4, 0.5) is 0 Å². The molecule has 0 radical (unpaired) electrons. The molecule has 0 aliphatic carbocycles. The number of fused-ring (bicyclic) bond motifs is 1. The number of benzene rings is 1. The first-order chi connectivity index (χ1) is 11.0. The van der Waals surface area contributed by atoms with E-state index in [-0.39, 0.29) is 35.0 Å². The summed E-state index contributed by atoms with van der Waals surface area (Å²) in [5, 5.41) is 18.2. The molecule has 0 aliphatic rings. The Hall–Kier alpha value is -2.70. The van der Waals surface area contributed by atoms with Crippen molar-refractivity contribution < 1.29 is 14.7 Å². The minimum atomic E-state index is -1.49. The Morgan fingerprint density at radius 3 is 2.39 bits per heavy atom. The maximum atomic E-state index is 12.4. The number of hydrogen-bond donors (Lipinski definition) is 1. The number of nitrogens with zero attached hydrogens (tertiary/aromatic N) is 2. The summed E-state index contributed by atoms with van der Waals surface area (Å²) in [6.07, 6.45) is 1.54. The average molecular weight is 316 g/mol. The standard InChI is InChI=1S/C16H19N3O4/c1-3-10(4-2)17-13(20)9-19-15(21)12-8-6-5-7-11(12)14(18-19)16(22)23/h5-8,10H,3-4,9H2,1-2H3,(H,17,20)(H,22,23)/p-1. The molecule has 7 nitrogen and oxygen atoms in total. The van der Waals surface area contributed by atoms with E-state index >= 15 is 0 Å². The molecule has 0 saturated heterocycles. The van der Waals surface area contributed by atoms with Crippen LogP contribution in [-0.4, -0.2) is 27.7 Å². The van der Waals surface area contributed by atoms with E-state index in [1.807, 2.05) is 13.8 Å². The number of carboxylic acid groups (broad SMARTS) is 1. The number of aromatic carboxylic acids is 1. The van der Waals surface area contributed by atoms with Gasteiger partial charge in [0.05, 0.1) is 11.4 Å². The van der Waals surface area contributed by atoms with Gasteiger partial charge >= 0.3 is 0 Å². The van der Waals surface area contributed by atoms with Gasteiger partial charge in [-0.15, -0.1) is 0 Å². The maximum absolute atomic E-state index is 12.4. The molecule has 7 heteroatoms. The van der Waals surface area contributed by atoms with Crippen molar-refractivity contribution in [3.05, 3.63) is 40.3 Å². The minimum absolute atomic E-state index is 0.0132. The van der Waals surface area contributed by atoms with Gasteiger partial charge in [-0.25, -0.2) is 4.68 Å². The Labute approximate surface area is 132 Å². The second kappa shape index (κ2) is 7.04. The molecule has 0 unspecified atom stereocenters. The van der Waals surface area contributed by atoms with E-state index < -0.39 is 11.5 Å². The lowest BCUT2D eigenvalue weighted by Crippen LogP contribution is -2.40. The third-order valence-electron chi connectivity index (χ3n) is 3.71. The van der Waals surface area contributed by atoms with E-state index in [9.17, 15) is 19.5 Å². The molecule has 1 aromatic carbocycles. The summed E-state index contributed by atoms with van der Waals surface area (Å²) in [7, 11) is 0. The summed E-state index contributed by atoms with van der Waals surface area (Å²) in [4.78, 5) is 35.7. The van der Waals surface area contributed by atoms with Gasteiger partial charge in [0.1, 0.15) is 12.2 Å². The molecule has 1 N–H and O–H groups in total. The first-order valence-corrected chi connectivity index (χ1v) is 7.48. The normalized spacial score (nSPS) is 10.9. The average Bonchev–Trinajstić information content (AvgIpc) is 2.55. The molecule has 0 atom stereocenters. The Morgan fingerprint density at radius 1 is 1.22 bits per heavy atom. The zero-order chi connectivity index (χ0) is 17.0. The summed E-state index contributed by atoms with van der Waals surface area (Å²) in [5.41, 5.74) is -0.860. The number of hydrogen-bond acceptors (Lipinski definition) is 5. The summed E-state index contributed by atoms with van der Waals surface area (Å²) >= 11 is 0.